The van der Waals surface area contributed by atoms with Crippen molar-refractivity contribution in [3.63, 3.8) is 0 Å². The lowest BCUT2D eigenvalue weighted by Gasteiger charge is -2.38. The monoisotopic (exact) mass is 256 g/mol. The standard InChI is InChI=1S/C14H28N2O2/c1-4-12(3)16-13(18)9-15-14(10-17)7-5-11(2)6-8-14/h11-12,15,17H,4-10H2,1-3H3,(H,16,18). The summed E-state index contributed by atoms with van der Waals surface area (Å²) < 4.78 is 0. The number of rotatable bonds is 6. The van der Waals surface area contributed by atoms with Crippen molar-refractivity contribution in [2.24, 2.45) is 5.92 Å². The maximum absolute atomic E-state index is 11.7. The minimum absolute atomic E-state index is 0.0239. The Morgan fingerprint density at radius 2 is 2.06 bits per heavy atom. The molecular formula is C14H28N2O2. The summed E-state index contributed by atoms with van der Waals surface area (Å²) in [6.07, 6.45) is 5.11. The first-order valence-corrected chi connectivity index (χ1v) is 7.16. The fourth-order valence-electron chi connectivity index (χ4n) is 2.40. The highest BCUT2D eigenvalue weighted by molar-refractivity contribution is 5.78. The third-order valence-corrected chi connectivity index (χ3v) is 4.18. The van der Waals surface area contributed by atoms with Crippen LogP contribution in [0, 0.1) is 5.92 Å². The first-order chi connectivity index (χ1) is 8.51. The van der Waals surface area contributed by atoms with E-state index in [2.05, 4.69) is 24.5 Å². The molecule has 0 bridgehead atoms. The molecule has 1 unspecified atom stereocenters. The van der Waals surface area contributed by atoms with Crippen LogP contribution < -0.4 is 10.6 Å². The van der Waals surface area contributed by atoms with Gasteiger partial charge in [-0.1, -0.05) is 13.8 Å². The van der Waals surface area contributed by atoms with E-state index in [1.54, 1.807) is 0 Å². The van der Waals surface area contributed by atoms with Gasteiger partial charge in [-0.3, -0.25) is 4.79 Å². The molecule has 4 nitrogen and oxygen atoms in total. The second-order valence-electron chi connectivity index (χ2n) is 5.85. The zero-order chi connectivity index (χ0) is 13.6. The molecule has 0 heterocycles. The van der Waals surface area contributed by atoms with E-state index in [9.17, 15) is 9.90 Å². The van der Waals surface area contributed by atoms with Gasteiger partial charge in [-0.15, -0.1) is 0 Å². The van der Waals surface area contributed by atoms with Crippen LogP contribution in [0.2, 0.25) is 0 Å². The molecule has 0 radical (unpaired) electrons. The van der Waals surface area contributed by atoms with Gasteiger partial charge in [0.1, 0.15) is 0 Å². The average Bonchev–Trinajstić information content (AvgIpc) is 2.38. The molecule has 18 heavy (non-hydrogen) atoms. The highest BCUT2D eigenvalue weighted by Crippen LogP contribution is 2.31. The van der Waals surface area contributed by atoms with Crippen molar-refractivity contribution in [3.05, 3.63) is 0 Å². The Labute approximate surface area is 111 Å². The smallest absolute Gasteiger partial charge is 0.234 e. The van der Waals surface area contributed by atoms with Crippen LogP contribution in [-0.4, -0.2) is 35.7 Å². The fraction of sp³-hybridized carbons (Fsp3) is 0.929. The normalized spacial score (nSPS) is 29.9. The van der Waals surface area contributed by atoms with Crippen LogP contribution in [0.25, 0.3) is 0 Å². The third-order valence-electron chi connectivity index (χ3n) is 4.18. The van der Waals surface area contributed by atoms with E-state index in [4.69, 9.17) is 0 Å². The van der Waals surface area contributed by atoms with Crippen LogP contribution in [0.5, 0.6) is 0 Å². The molecule has 1 aliphatic rings. The number of amides is 1. The number of carbonyl (C=O) groups excluding carboxylic acids is 1. The molecule has 1 amide bonds. The van der Waals surface area contributed by atoms with E-state index in [1.807, 2.05) is 6.92 Å². The Kier molecular flexibility index (Phi) is 6.09. The van der Waals surface area contributed by atoms with E-state index in [0.29, 0.717) is 6.54 Å². The summed E-state index contributed by atoms with van der Waals surface area (Å²) in [6, 6.07) is 0.218. The molecule has 1 atom stereocenters. The zero-order valence-electron chi connectivity index (χ0n) is 12.0. The second-order valence-corrected chi connectivity index (χ2v) is 5.85. The topological polar surface area (TPSA) is 61.4 Å². The predicted octanol–water partition coefficient (Wildman–Crippen LogP) is 1.43. The van der Waals surface area contributed by atoms with Gasteiger partial charge in [-0.2, -0.15) is 0 Å². The molecule has 1 aliphatic carbocycles. The highest BCUT2D eigenvalue weighted by Gasteiger charge is 2.33. The molecule has 0 aromatic heterocycles. The van der Waals surface area contributed by atoms with Crippen molar-refractivity contribution in [1.82, 2.24) is 10.6 Å². The zero-order valence-corrected chi connectivity index (χ0v) is 12.0. The summed E-state index contributed by atoms with van der Waals surface area (Å²) in [5.41, 5.74) is -0.237. The number of aliphatic hydroxyl groups is 1. The van der Waals surface area contributed by atoms with Crippen LogP contribution in [0.1, 0.15) is 52.9 Å². The van der Waals surface area contributed by atoms with Crippen LogP contribution in [0.3, 0.4) is 0 Å². The Bertz CT molecular complexity index is 261. The first-order valence-electron chi connectivity index (χ1n) is 7.16. The highest BCUT2D eigenvalue weighted by atomic mass is 16.3. The van der Waals surface area contributed by atoms with Gasteiger partial charge in [0.2, 0.25) is 5.91 Å². The molecule has 1 fully saturated rings. The summed E-state index contributed by atoms with van der Waals surface area (Å²) in [6.45, 7) is 6.73. The Balaban J connectivity index is 2.37. The van der Waals surface area contributed by atoms with E-state index in [1.165, 1.54) is 0 Å². The summed E-state index contributed by atoms with van der Waals surface area (Å²) >= 11 is 0. The predicted molar refractivity (Wildman–Crippen MR) is 73.3 cm³/mol. The lowest BCUT2D eigenvalue weighted by atomic mass is 9.77. The molecule has 0 spiro atoms. The lowest BCUT2D eigenvalue weighted by molar-refractivity contribution is -0.121. The minimum Gasteiger partial charge on any atom is -0.394 e. The van der Waals surface area contributed by atoms with Gasteiger partial charge in [0.15, 0.2) is 0 Å². The summed E-state index contributed by atoms with van der Waals surface area (Å²) in [4.78, 5) is 11.7. The van der Waals surface area contributed by atoms with Gasteiger partial charge in [-0.05, 0) is 44.9 Å². The molecule has 1 rings (SSSR count). The molecule has 3 N–H and O–H groups in total. The second kappa shape index (κ2) is 7.10. The van der Waals surface area contributed by atoms with E-state index in [-0.39, 0.29) is 24.1 Å². The van der Waals surface area contributed by atoms with E-state index < -0.39 is 0 Å². The Hall–Kier alpha value is -0.610. The summed E-state index contributed by atoms with van der Waals surface area (Å²) in [5, 5.41) is 15.8. The Morgan fingerprint density at radius 1 is 1.44 bits per heavy atom. The van der Waals surface area contributed by atoms with Gasteiger partial charge in [0.25, 0.3) is 0 Å². The summed E-state index contributed by atoms with van der Waals surface area (Å²) in [7, 11) is 0. The quantitative estimate of drug-likeness (QED) is 0.674. The number of hydrogen-bond acceptors (Lipinski definition) is 3. The van der Waals surface area contributed by atoms with Gasteiger partial charge in [0, 0.05) is 11.6 Å². The average molecular weight is 256 g/mol. The molecule has 0 aliphatic heterocycles. The van der Waals surface area contributed by atoms with Crippen LogP contribution in [0.4, 0.5) is 0 Å². The Morgan fingerprint density at radius 3 is 2.56 bits per heavy atom. The SMILES string of the molecule is CCC(C)NC(=O)CNC1(CO)CCC(C)CC1. The van der Waals surface area contributed by atoms with Crippen molar-refractivity contribution in [1.29, 1.82) is 0 Å². The largest absolute Gasteiger partial charge is 0.394 e. The van der Waals surface area contributed by atoms with Crippen LogP contribution in [-0.2, 0) is 4.79 Å². The van der Waals surface area contributed by atoms with Gasteiger partial charge in [0.05, 0.1) is 13.2 Å². The number of carbonyl (C=O) groups is 1. The number of hydrogen-bond donors (Lipinski definition) is 3. The van der Waals surface area contributed by atoms with Crippen molar-refractivity contribution in [2.45, 2.75) is 64.5 Å². The van der Waals surface area contributed by atoms with Crippen molar-refractivity contribution in [3.8, 4) is 0 Å². The van der Waals surface area contributed by atoms with E-state index >= 15 is 0 Å². The van der Waals surface area contributed by atoms with E-state index in [0.717, 1.165) is 38.0 Å². The molecule has 0 saturated heterocycles. The minimum atomic E-state index is -0.237. The molecule has 4 heteroatoms. The first kappa shape index (κ1) is 15.4. The number of aliphatic hydroxyl groups excluding tert-OH is 1. The van der Waals surface area contributed by atoms with Gasteiger partial charge < -0.3 is 15.7 Å². The summed E-state index contributed by atoms with van der Waals surface area (Å²) in [5.74, 6) is 0.760. The van der Waals surface area contributed by atoms with Crippen molar-refractivity contribution < 1.29 is 9.90 Å². The van der Waals surface area contributed by atoms with Crippen molar-refractivity contribution >= 4 is 5.91 Å². The molecular weight excluding hydrogens is 228 g/mol. The molecule has 106 valence electrons. The molecule has 1 saturated carbocycles. The third kappa shape index (κ3) is 4.58. The van der Waals surface area contributed by atoms with Gasteiger partial charge in [-0.25, -0.2) is 0 Å². The maximum Gasteiger partial charge on any atom is 0.234 e. The molecule has 0 aromatic carbocycles. The lowest BCUT2D eigenvalue weighted by Crippen LogP contribution is -2.54. The van der Waals surface area contributed by atoms with Crippen LogP contribution in [0.15, 0.2) is 0 Å². The van der Waals surface area contributed by atoms with Crippen molar-refractivity contribution in [2.75, 3.05) is 13.2 Å². The van der Waals surface area contributed by atoms with Crippen LogP contribution >= 0.6 is 0 Å². The molecule has 0 aromatic rings. The number of nitrogens with one attached hydrogen (secondary N) is 2. The maximum atomic E-state index is 11.7. The van der Waals surface area contributed by atoms with Gasteiger partial charge >= 0.3 is 0 Å². The fourth-order valence-corrected chi connectivity index (χ4v) is 2.40.